The van der Waals surface area contributed by atoms with E-state index >= 15 is 0 Å². The van der Waals surface area contributed by atoms with E-state index in [2.05, 4.69) is 4.98 Å². The third kappa shape index (κ3) is 2.36. The van der Waals surface area contributed by atoms with Gasteiger partial charge in [-0.3, -0.25) is 9.59 Å². The van der Waals surface area contributed by atoms with Crippen LogP contribution in [0.15, 0.2) is 36.8 Å². The second-order valence-corrected chi connectivity index (χ2v) is 5.33. The summed E-state index contributed by atoms with van der Waals surface area (Å²) >= 11 is 0. The van der Waals surface area contributed by atoms with Crippen molar-refractivity contribution in [1.82, 2.24) is 9.55 Å². The van der Waals surface area contributed by atoms with Crippen LogP contribution in [0, 0.1) is 0 Å². The number of para-hydroxylation sites is 1. The van der Waals surface area contributed by atoms with Gasteiger partial charge in [0, 0.05) is 12.7 Å². The van der Waals surface area contributed by atoms with E-state index in [0.717, 1.165) is 11.3 Å². The van der Waals surface area contributed by atoms with Crippen molar-refractivity contribution >= 4 is 17.6 Å². The predicted octanol–water partition coefficient (Wildman–Crippen LogP) is 1.55. The summed E-state index contributed by atoms with van der Waals surface area (Å²) in [6, 6.07) is 7.48. The Labute approximate surface area is 128 Å². The molecule has 1 aliphatic rings. The molecule has 3 rings (SSSR count). The standard InChI is InChI=1S/C16H17N3O3/c1-18-10-17-9-14(18)16(21)19-12(8-15(20)22-2)7-11-5-3-4-6-13(11)19/h3-6,9-10,12H,7-8H2,1-2H3. The lowest BCUT2D eigenvalue weighted by Crippen LogP contribution is -2.40. The number of esters is 1. The number of fused-ring (bicyclic) bond motifs is 1. The van der Waals surface area contributed by atoms with E-state index in [1.54, 1.807) is 29.0 Å². The van der Waals surface area contributed by atoms with Crippen LogP contribution >= 0.6 is 0 Å². The molecule has 2 heterocycles. The molecule has 2 aromatic rings. The number of amides is 1. The maximum atomic E-state index is 12.9. The lowest BCUT2D eigenvalue weighted by atomic mass is 10.1. The average Bonchev–Trinajstić information content (AvgIpc) is 3.09. The maximum absolute atomic E-state index is 12.9. The average molecular weight is 299 g/mol. The van der Waals surface area contributed by atoms with E-state index < -0.39 is 0 Å². The monoisotopic (exact) mass is 299 g/mol. The summed E-state index contributed by atoms with van der Waals surface area (Å²) in [5, 5.41) is 0. The molecule has 1 unspecified atom stereocenters. The van der Waals surface area contributed by atoms with E-state index in [1.165, 1.54) is 7.11 Å². The molecule has 0 spiro atoms. The van der Waals surface area contributed by atoms with Crippen LogP contribution < -0.4 is 4.90 Å². The molecule has 1 aliphatic heterocycles. The van der Waals surface area contributed by atoms with Gasteiger partial charge in [-0.15, -0.1) is 0 Å². The number of methoxy groups -OCH3 is 1. The Morgan fingerprint density at radius 2 is 2.14 bits per heavy atom. The van der Waals surface area contributed by atoms with Crippen molar-refractivity contribution in [2.45, 2.75) is 18.9 Å². The van der Waals surface area contributed by atoms with Crippen molar-refractivity contribution in [2.75, 3.05) is 12.0 Å². The van der Waals surface area contributed by atoms with Gasteiger partial charge in [-0.05, 0) is 18.1 Å². The lowest BCUT2D eigenvalue weighted by molar-refractivity contribution is -0.140. The highest BCUT2D eigenvalue weighted by atomic mass is 16.5. The number of anilines is 1. The van der Waals surface area contributed by atoms with Crippen LogP contribution in [0.3, 0.4) is 0 Å². The maximum Gasteiger partial charge on any atom is 0.307 e. The number of rotatable bonds is 3. The van der Waals surface area contributed by atoms with Crippen molar-refractivity contribution < 1.29 is 14.3 Å². The Morgan fingerprint density at radius 3 is 2.82 bits per heavy atom. The first-order chi connectivity index (χ1) is 10.6. The van der Waals surface area contributed by atoms with Gasteiger partial charge >= 0.3 is 5.97 Å². The molecule has 114 valence electrons. The Kier molecular flexibility index (Phi) is 3.66. The van der Waals surface area contributed by atoms with Crippen molar-refractivity contribution in [3.05, 3.63) is 48.0 Å². The molecule has 1 aromatic carbocycles. The van der Waals surface area contributed by atoms with Crippen LogP contribution in [0.2, 0.25) is 0 Å². The van der Waals surface area contributed by atoms with Crippen LogP contribution in [0.5, 0.6) is 0 Å². The number of aryl methyl sites for hydroxylation is 1. The zero-order chi connectivity index (χ0) is 15.7. The van der Waals surface area contributed by atoms with Crippen LogP contribution in [0.4, 0.5) is 5.69 Å². The third-order valence-corrected chi connectivity index (χ3v) is 3.96. The van der Waals surface area contributed by atoms with Gasteiger partial charge in [0.1, 0.15) is 5.69 Å². The van der Waals surface area contributed by atoms with Gasteiger partial charge in [0.15, 0.2) is 0 Å². The fourth-order valence-corrected chi connectivity index (χ4v) is 2.86. The van der Waals surface area contributed by atoms with Gasteiger partial charge in [0.2, 0.25) is 0 Å². The zero-order valence-corrected chi connectivity index (χ0v) is 12.5. The summed E-state index contributed by atoms with van der Waals surface area (Å²) in [7, 11) is 3.13. The van der Waals surface area contributed by atoms with E-state index in [0.29, 0.717) is 12.1 Å². The lowest BCUT2D eigenvalue weighted by Gasteiger charge is -2.24. The molecule has 0 radical (unpaired) electrons. The molecule has 6 nitrogen and oxygen atoms in total. The van der Waals surface area contributed by atoms with Crippen LogP contribution in [0.1, 0.15) is 22.5 Å². The molecular weight excluding hydrogens is 282 g/mol. The van der Waals surface area contributed by atoms with Gasteiger partial charge in [0.25, 0.3) is 5.91 Å². The summed E-state index contributed by atoms with van der Waals surface area (Å²) in [5.41, 5.74) is 2.40. The largest absolute Gasteiger partial charge is 0.469 e. The molecule has 1 aromatic heterocycles. The smallest absolute Gasteiger partial charge is 0.307 e. The first-order valence-electron chi connectivity index (χ1n) is 7.06. The van der Waals surface area contributed by atoms with Gasteiger partial charge in [-0.1, -0.05) is 18.2 Å². The molecule has 1 amide bonds. The number of aromatic nitrogens is 2. The summed E-state index contributed by atoms with van der Waals surface area (Å²) in [6.45, 7) is 0. The summed E-state index contributed by atoms with van der Waals surface area (Å²) < 4.78 is 6.44. The summed E-state index contributed by atoms with van der Waals surface area (Å²) in [6.07, 6.45) is 3.95. The number of ether oxygens (including phenoxy) is 1. The Bertz CT molecular complexity index is 723. The van der Waals surface area contributed by atoms with Gasteiger partial charge in [-0.25, -0.2) is 4.98 Å². The molecular formula is C16H17N3O3. The number of nitrogens with zero attached hydrogens (tertiary/aromatic N) is 3. The van der Waals surface area contributed by atoms with E-state index in [1.807, 2.05) is 24.3 Å². The van der Waals surface area contributed by atoms with E-state index in [4.69, 9.17) is 4.74 Å². The minimum absolute atomic E-state index is 0.154. The zero-order valence-electron chi connectivity index (χ0n) is 12.5. The number of benzene rings is 1. The van der Waals surface area contributed by atoms with Gasteiger partial charge < -0.3 is 14.2 Å². The number of carbonyl (C=O) groups is 2. The summed E-state index contributed by atoms with van der Waals surface area (Å²) in [5.74, 6) is -0.473. The van der Waals surface area contributed by atoms with Gasteiger partial charge in [-0.2, -0.15) is 0 Å². The van der Waals surface area contributed by atoms with Crippen LogP contribution in [-0.2, 0) is 23.0 Å². The molecule has 22 heavy (non-hydrogen) atoms. The molecule has 0 aliphatic carbocycles. The van der Waals surface area contributed by atoms with Crippen molar-refractivity contribution in [1.29, 1.82) is 0 Å². The van der Waals surface area contributed by atoms with Crippen molar-refractivity contribution in [3.8, 4) is 0 Å². The Hall–Kier alpha value is -2.63. The molecule has 0 bridgehead atoms. The first-order valence-corrected chi connectivity index (χ1v) is 7.06. The quantitative estimate of drug-likeness (QED) is 0.807. The second-order valence-electron chi connectivity index (χ2n) is 5.33. The number of carbonyl (C=O) groups excluding carboxylic acids is 2. The number of imidazole rings is 1. The highest BCUT2D eigenvalue weighted by Gasteiger charge is 2.36. The van der Waals surface area contributed by atoms with E-state index in [-0.39, 0.29) is 24.3 Å². The van der Waals surface area contributed by atoms with Crippen molar-refractivity contribution in [2.24, 2.45) is 7.05 Å². The molecule has 0 saturated heterocycles. The fraction of sp³-hybridized carbons (Fsp3) is 0.312. The van der Waals surface area contributed by atoms with Crippen LogP contribution in [-0.4, -0.2) is 34.6 Å². The second kappa shape index (κ2) is 5.63. The van der Waals surface area contributed by atoms with Crippen LogP contribution in [0.25, 0.3) is 0 Å². The molecule has 1 atom stereocenters. The number of hydrogen-bond donors (Lipinski definition) is 0. The molecule has 0 saturated carbocycles. The number of hydrogen-bond acceptors (Lipinski definition) is 4. The SMILES string of the molecule is COC(=O)CC1Cc2ccccc2N1C(=O)c1cncn1C. The first kappa shape index (κ1) is 14.3. The molecule has 0 N–H and O–H groups in total. The topological polar surface area (TPSA) is 64.4 Å². The summed E-state index contributed by atoms with van der Waals surface area (Å²) in [4.78, 5) is 30.2. The predicted molar refractivity (Wildman–Crippen MR) is 80.6 cm³/mol. The normalized spacial score (nSPS) is 16.5. The molecule has 0 fully saturated rings. The Balaban J connectivity index is 1.98. The highest BCUT2D eigenvalue weighted by molar-refractivity contribution is 6.07. The fourth-order valence-electron chi connectivity index (χ4n) is 2.86. The molecule has 6 heteroatoms. The minimum Gasteiger partial charge on any atom is -0.469 e. The van der Waals surface area contributed by atoms with Gasteiger partial charge in [0.05, 0.1) is 32.1 Å². The highest BCUT2D eigenvalue weighted by Crippen LogP contribution is 2.34. The van der Waals surface area contributed by atoms with Crippen molar-refractivity contribution in [3.63, 3.8) is 0 Å². The third-order valence-electron chi connectivity index (χ3n) is 3.96. The minimum atomic E-state index is -0.319. The Morgan fingerprint density at radius 1 is 1.36 bits per heavy atom. The van der Waals surface area contributed by atoms with E-state index in [9.17, 15) is 9.59 Å².